The molecule has 6 nitrogen and oxygen atoms in total. The van der Waals surface area contributed by atoms with Crippen molar-refractivity contribution < 1.29 is 19.8 Å². The molecule has 128 valence electrons. The average Bonchev–Trinajstić information content (AvgIpc) is 2.87. The minimum absolute atomic E-state index is 0.0598. The highest BCUT2D eigenvalue weighted by atomic mass is 32.1. The Morgan fingerprint density at radius 3 is 2.46 bits per heavy atom. The number of aliphatic hydroxyl groups excluding tert-OH is 2. The molecule has 0 aliphatic carbocycles. The van der Waals surface area contributed by atoms with E-state index in [1.165, 1.54) is 11.3 Å². The van der Waals surface area contributed by atoms with Crippen molar-refractivity contribution in [2.24, 2.45) is 0 Å². The first-order chi connectivity index (χ1) is 11.4. The summed E-state index contributed by atoms with van der Waals surface area (Å²) in [6, 6.07) is 8.75. The maximum absolute atomic E-state index is 12.4. The van der Waals surface area contributed by atoms with E-state index in [1.807, 2.05) is 13.0 Å². The molecule has 0 bridgehead atoms. The van der Waals surface area contributed by atoms with Crippen LogP contribution in [0.15, 0.2) is 30.3 Å². The van der Waals surface area contributed by atoms with E-state index in [9.17, 15) is 14.7 Å². The van der Waals surface area contributed by atoms with E-state index in [0.29, 0.717) is 16.1 Å². The van der Waals surface area contributed by atoms with Crippen molar-refractivity contribution in [2.75, 3.05) is 18.5 Å². The number of nitrogens with one attached hydrogen (secondary N) is 2. The summed E-state index contributed by atoms with van der Waals surface area (Å²) in [5.74, 6) is -0.686. The summed E-state index contributed by atoms with van der Waals surface area (Å²) in [6.07, 6.45) is -1.02. The molecule has 1 heterocycles. The molecule has 0 saturated carbocycles. The van der Waals surface area contributed by atoms with Gasteiger partial charge in [0.15, 0.2) is 0 Å². The third-order valence-electron chi connectivity index (χ3n) is 3.58. The molecule has 0 spiro atoms. The van der Waals surface area contributed by atoms with Crippen LogP contribution < -0.4 is 10.6 Å². The summed E-state index contributed by atoms with van der Waals surface area (Å²) in [4.78, 5) is 25.6. The molecule has 0 aliphatic rings. The molecule has 1 aromatic heterocycles. The molecule has 0 saturated heterocycles. The topological polar surface area (TPSA) is 98.7 Å². The smallest absolute Gasteiger partial charge is 0.256 e. The number of hydrogen-bond donors (Lipinski definition) is 4. The lowest BCUT2D eigenvalue weighted by atomic mass is 10.1. The number of aryl methyl sites for hydroxylation is 1. The van der Waals surface area contributed by atoms with Crippen LogP contribution >= 0.6 is 11.3 Å². The minimum Gasteiger partial charge on any atom is -0.394 e. The maximum Gasteiger partial charge on any atom is 0.256 e. The van der Waals surface area contributed by atoms with Crippen LogP contribution in [-0.4, -0.2) is 41.3 Å². The van der Waals surface area contributed by atoms with Crippen molar-refractivity contribution in [1.82, 2.24) is 5.32 Å². The molecule has 0 radical (unpaired) electrons. The number of carbonyl (C=O) groups excluding carboxylic acids is 2. The van der Waals surface area contributed by atoms with Crippen molar-refractivity contribution in [3.05, 3.63) is 51.9 Å². The fourth-order valence-electron chi connectivity index (χ4n) is 2.12. The fraction of sp³-hybridized carbons (Fsp3) is 0.294. The Kier molecular flexibility index (Phi) is 6.08. The van der Waals surface area contributed by atoms with Crippen molar-refractivity contribution in [2.45, 2.75) is 20.0 Å². The van der Waals surface area contributed by atoms with Gasteiger partial charge >= 0.3 is 0 Å². The van der Waals surface area contributed by atoms with E-state index in [4.69, 9.17) is 5.11 Å². The quantitative estimate of drug-likeness (QED) is 0.638. The Balaban J connectivity index is 2.20. The lowest BCUT2D eigenvalue weighted by Crippen LogP contribution is -2.34. The number of rotatable bonds is 6. The number of benzene rings is 1. The lowest BCUT2D eigenvalue weighted by molar-refractivity contribution is 0.0802. The lowest BCUT2D eigenvalue weighted by Gasteiger charge is -2.11. The minimum atomic E-state index is -1.02. The van der Waals surface area contributed by atoms with E-state index >= 15 is 0 Å². The Morgan fingerprint density at radius 2 is 1.83 bits per heavy atom. The first-order valence-corrected chi connectivity index (χ1v) is 8.29. The van der Waals surface area contributed by atoms with E-state index in [-0.39, 0.29) is 12.5 Å². The molecule has 0 aliphatic heterocycles. The Bertz CT molecular complexity index is 728. The van der Waals surface area contributed by atoms with Crippen LogP contribution in [0.1, 0.15) is 31.2 Å². The summed E-state index contributed by atoms with van der Waals surface area (Å²) in [7, 11) is 0. The fourth-order valence-corrected chi connectivity index (χ4v) is 3.17. The molecular formula is C17H20N2O4S. The summed E-state index contributed by atoms with van der Waals surface area (Å²) in [5, 5.41) is 24.0. The monoisotopic (exact) mass is 348 g/mol. The molecule has 1 atom stereocenters. The van der Waals surface area contributed by atoms with E-state index in [1.54, 1.807) is 31.2 Å². The third kappa shape index (κ3) is 4.19. The Hall–Kier alpha value is -2.22. The molecule has 0 unspecified atom stereocenters. The van der Waals surface area contributed by atoms with Gasteiger partial charge in [-0.15, -0.1) is 11.3 Å². The molecule has 2 aromatic rings. The van der Waals surface area contributed by atoms with E-state index < -0.39 is 18.6 Å². The highest BCUT2D eigenvalue weighted by Crippen LogP contribution is 2.32. The molecule has 7 heteroatoms. The number of carbonyl (C=O) groups is 2. The highest BCUT2D eigenvalue weighted by Gasteiger charge is 2.21. The molecular weight excluding hydrogens is 328 g/mol. The standard InChI is InChI=1S/C17H20N2O4S/c1-10-11(2)24-17(14(10)16(23)18-8-13(21)9-20)19-15(22)12-6-4-3-5-7-12/h3-7,13,20-21H,8-9H2,1-2H3,(H,18,23)(H,19,22)/t13-/m0/s1. The van der Waals surface area contributed by atoms with Crippen LogP contribution in [-0.2, 0) is 0 Å². The number of aliphatic hydroxyl groups is 2. The van der Waals surface area contributed by atoms with Gasteiger partial charge in [0.2, 0.25) is 0 Å². The predicted octanol–water partition coefficient (Wildman–Crippen LogP) is 1.70. The highest BCUT2D eigenvalue weighted by molar-refractivity contribution is 7.16. The summed E-state index contributed by atoms with van der Waals surface area (Å²) in [6.45, 7) is 3.19. The number of anilines is 1. The summed E-state index contributed by atoms with van der Waals surface area (Å²) >= 11 is 1.33. The molecule has 0 fully saturated rings. The van der Waals surface area contributed by atoms with Crippen LogP contribution in [0.3, 0.4) is 0 Å². The first kappa shape index (κ1) is 18.1. The number of hydrogen-bond acceptors (Lipinski definition) is 5. The molecule has 1 aromatic carbocycles. The average molecular weight is 348 g/mol. The largest absolute Gasteiger partial charge is 0.394 e. The maximum atomic E-state index is 12.4. The van der Waals surface area contributed by atoms with Gasteiger partial charge in [0.05, 0.1) is 18.3 Å². The van der Waals surface area contributed by atoms with Crippen LogP contribution in [0.5, 0.6) is 0 Å². The van der Waals surface area contributed by atoms with Crippen molar-refractivity contribution >= 4 is 28.2 Å². The first-order valence-electron chi connectivity index (χ1n) is 7.47. The van der Waals surface area contributed by atoms with Gasteiger partial charge in [-0.25, -0.2) is 0 Å². The zero-order chi connectivity index (χ0) is 17.7. The number of amides is 2. The number of thiophene rings is 1. The van der Waals surface area contributed by atoms with E-state index in [2.05, 4.69) is 10.6 Å². The van der Waals surface area contributed by atoms with Gasteiger partial charge in [-0.1, -0.05) is 18.2 Å². The van der Waals surface area contributed by atoms with Crippen molar-refractivity contribution in [3.8, 4) is 0 Å². The molecule has 24 heavy (non-hydrogen) atoms. The zero-order valence-electron chi connectivity index (χ0n) is 13.5. The molecule has 2 amide bonds. The third-order valence-corrected chi connectivity index (χ3v) is 4.71. The van der Waals surface area contributed by atoms with Crippen LogP contribution in [0.25, 0.3) is 0 Å². The van der Waals surface area contributed by atoms with Gasteiger partial charge in [-0.2, -0.15) is 0 Å². The summed E-state index contributed by atoms with van der Waals surface area (Å²) in [5.41, 5.74) is 1.66. The predicted molar refractivity (Wildman–Crippen MR) is 93.6 cm³/mol. The zero-order valence-corrected chi connectivity index (χ0v) is 14.3. The second kappa shape index (κ2) is 8.05. The van der Waals surface area contributed by atoms with Crippen LogP contribution in [0, 0.1) is 13.8 Å². The van der Waals surface area contributed by atoms with Gasteiger partial charge in [-0.3, -0.25) is 9.59 Å². The second-order valence-corrected chi connectivity index (χ2v) is 6.58. The van der Waals surface area contributed by atoms with Crippen LogP contribution in [0.2, 0.25) is 0 Å². The Labute approximate surface area is 144 Å². The Morgan fingerprint density at radius 1 is 1.17 bits per heavy atom. The van der Waals surface area contributed by atoms with Gasteiger partial charge in [-0.05, 0) is 31.5 Å². The van der Waals surface area contributed by atoms with Gasteiger partial charge in [0.25, 0.3) is 11.8 Å². The van der Waals surface area contributed by atoms with Crippen LogP contribution in [0.4, 0.5) is 5.00 Å². The van der Waals surface area contributed by atoms with E-state index in [0.717, 1.165) is 10.4 Å². The van der Waals surface area contributed by atoms with Gasteiger partial charge < -0.3 is 20.8 Å². The molecule has 2 rings (SSSR count). The second-order valence-electron chi connectivity index (χ2n) is 5.35. The molecule has 4 N–H and O–H groups in total. The van der Waals surface area contributed by atoms with Crippen molar-refractivity contribution in [3.63, 3.8) is 0 Å². The van der Waals surface area contributed by atoms with Gasteiger partial charge in [0.1, 0.15) is 5.00 Å². The summed E-state index contributed by atoms with van der Waals surface area (Å²) < 4.78 is 0. The normalized spacial score (nSPS) is 11.8. The van der Waals surface area contributed by atoms with Gasteiger partial charge in [0, 0.05) is 17.0 Å². The van der Waals surface area contributed by atoms with Crippen molar-refractivity contribution in [1.29, 1.82) is 0 Å². The SMILES string of the molecule is Cc1sc(NC(=O)c2ccccc2)c(C(=O)NC[C@H](O)CO)c1C.